The Morgan fingerprint density at radius 3 is 2.78 bits per heavy atom. The summed E-state index contributed by atoms with van der Waals surface area (Å²) < 4.78 is 5.75. The van der Waals surface area contributed by atoms with E-state index in [2.05, 4.69) is 30.2 Å². The van der Waals surface area contributed by atoms with E-state index in [4.69, 9.17) is 4.74 Å². The third-order valence-corrected chi connectivity index (χ3v) is 4.18. The molecule has 0 aliphatic heterocycles. The summed E-state index contributed by atoms with van der Waals surface area (Å²) in [6.07, 6.45) is 8.56. The summed E-state index contributed by atoms with van der Waals surface area (Å²) >= 11 is 0. The number of hydrogen-bond acceptors (Lipinski definition) is 3. The highest BCUT2D eigenvalue weighted by atomic mass is 16.5. The molecule has 1 saturated carbocycles. The number of nitrogens with zero attached hydrogens (tertiary/aromatic N) is 1. The van der Waals surface area contributed by atoms with E-state index < -0.39 is 0 Å². The number of hydrogen-bond donors (Lipinski definition) is 1. The van der Waals surface area contributed by atoms with Gasteiger partial charge in [0.1, 0.15) is 0 Å². The molecule has 100 valence electrons. The van der Waals surface area contributed by atoms with Crippen LogP contribution >= 0.6 is 0 Å². The molecular weight excluding hydrogens is 224 g/mol. The van der Waals surface area contributed by atoms with Crippen LogP contribution in [0.15, 0.2) is 18.5 Å². The summed E-state index contributed by atoms with van der Waals surface area (Å²) in [5, 5.41) is 3.58. The summed E-state index contributed by atoms with van der Waals surface area (Å²) in [6, 6.07) is 2.43. The van der Waals surface area contributed by atoms with Crippen molar-refractivity contribution in [2.45, 2.75) is 51.2 Å². The average molecular weight is 248 g/mol. The maximum Gasteiger partial charge on any atom is 0.0697 e. The van der Waals surface area contributed by atoms with Gasteiger partial charge >= 0.3 is 0 Å². The number of methoxy groups -OCH3 is 1. The van der Waals surface area contributed by atoms with Crippen LogP contribution in [-0.2, 0) is 4.74 Å². The first-order valence-corrected chi connectivity index (χ1v) is 6.90. The lowest BCUT2D eigenvalue weighted by Gasteiger charge is -2.43. The van der Waals surface area contributed by atoms with Crippen molar-refractivity contribution in [1.82, 2.24) is 10.3 Å². The molecule has 1 heterocycles. The maximum atomic E-state index is 5.75. The second-order valence-corrected chi connectivity index (χ2v) is 5.29. The van der Waals surface area contributed by atoms with Gasteiger partial charge in [-0.05, 0) is 56.3 Å². The normalized spacial score (nSPS) is 19.3. The summed E-state index contributed by atoms with van der Waals surface area (Å²) in [6.45, 7) is 5.28. The van der Waals surface area contributed by atoms with E-state index in [9.17, 15) is 0 Å². The smallest absolute Gasteiger partial charge is 0.0697 e. The zero-order valence-corrected chi connectivity index (χ0v) is 11.7. The molecule has 1 aliphatic carbocycles. The fraction of sp³-hybridized carbons (Fsp3) is 0.667. The summed E-state index contributed by atoms with van der Waals surface area (Å²) in [7, 11) is 1.85. The Bertz CT molecular complexity index is 382. The van der Waals surface area contributed by atoms with Gasteiger partial charge in [0.25, 0.3) is 0 Å². The van der Waals surface area contributed by atoms with Crippen LogP contribution < -0.4 is 5.32 Å². The lowest BCUT2D eigenvalue weighted by molar-refractivity contribution is -0.0837. The molecule has 0 spiro atoms. The van der Waals surface area contributed by atoms with Gasteiger partial charge in [0.05, 0.1) is 5.60 Å². The molecule has 1 unspecified atom stereocenters. The van der Waals surface area contributed by atoms with Gasteiger partial charge < -0.3 is 10.1 Å². The molecule has 1 fully saturated rings. The van der Waals surface area contributed by atoms with Crippen LogP contribution in [0.4, 0.5) is 0 Å². The molecule has 2 rings (SSSR count). The van der Waals surface area contributed by atoms with Crippen molar-refractivity contribution in [3.8, 4) is 0 Å². The molecule has 1 aromatic rings. The molecule has 0 radical (unpaired) electrons. The number of ether oxygens (including phenoxy) is 1. The minimum atomic E-state index is 0.0924. The minimum Gasteiger partial charge on any atom is -0.378 e. The van der Waals surface area contributed by atoms with E-state index in [-0.39, 0.29) is 5.60 Å². The first kappa shape index (κ1) is 13.5. The topological polar surface area (TPSA) is 34.1 Å². The van der Waals surface area contributed by atoms with Crippen LogP contribution in [0.25, 0.3) is 0 Å². The van der Waals surface area contributed by atoms with Crippen molar-refractivity contribution in [1.29, 1.82) is 0 Å². The van der Waals surface area contributed by atoms with E-state index in [0.29, 0.717) is 6.04 Å². The number of nitrogens with one attached hydrogen (secondary N) is 1. The molecule has 0 bridgehead atoms. The van der Waals surface area contributed by atoms with Crippen molar-refractivity contribution < 1.29 is 4.74 Å². The number of aromatic nitrogens is 1. The van der Waals surface area contributed by atoms with Gasteiger partial charge in [-0.3, -0.25) is 4.98 Å². The van der Waals surface area contributed by atoms with E-state index in [0.717, 1.165) is 13.0 Å². The molecule has 1 atom stereocenters. The molecule has 0 amide bonds. The van der Waals surface area contributed by atoms with E-state index in [1.54, 1.807) is 0 Å². The van der Waals surface area contributed by atoms with Crippen molar-refractivity contribution in [3.05, 3.63) is 29.6 Å². The van der Waals surface area contributed by atoms with Crippen LogP contribution in [0.2, 0.25) is 0 Å². The largest absolute Gasteiger partial charge is 0.378 e. The third kappa shape index (κ3) is 2.73. The third-order valence-electron chi connectivity index (χ3n) is 4.18. The van der Waals surface area contributed by atoms with Crippen LogP contribution in [0.3, 0.4) is 0 Å². The molecular formula is C15H24N2O. The van der Waals surface area contributed by atoms with E-state index in [1.807, 2.05) is 19.5 Å². The average Bonchev–Trinajstić information content (AvgIpc) is 2.33. The zero-order valence-electron chi connectivity index (χ0n) is 11.7. The first-order chi connectivity index (χ1) is 8.71. The Morgan fingerprint density at radius 1 is 1.50 bits per heavy atom. The standard InChI is InChI=1S/C15H24N2O/c1-4-17-14(10-15(18-3)7-5-8-15)13-11-16-9-6-12(13)2/h6,9,11,14,17H,4-5,7-8,10H2,1-3H3. The zero-order chi connectivity index (χ0) is 13.0. The van der Waals surface area contributed by atoms with Gasteiger partial charge in [0.2, 0.25) is 0 Å². The fourth-order valence-electron chi connectivity index (χ4n) is 2.81. The maximum absolute atomic E-state index is 5.75. The number of pyridine rings is 1. The first-order valence-electron chi connectivity index (χ1n) is 6.90. The Balaban J connectivity index is 2.15. The lowest BCUT2D eigenvalue weighted by atomic mass is 9.74. The second-order valence-electron chi connectivity index (χ2n) is 5.29. The highest BCUT2D eigenvalue weighted by Crippen LogP contribution is 2.42. The van der Waals surface area contributed by atoms with Gasteiger partial charge in [0, 0.05) is 25.5 Å². The summed E-state index contributed by atoms with van der Waals surface area (Å²) in [5.74, 6) is 0. The number of rotatable bonds is 6. The summed E-state index contributed by atoms with van der Waals surface area (Å²) in [5.41, 5.74) is 2.71. The second kappa shape index (κ2) is 5.81. The van der Waals surface area contributed by atoms with Gasteiger partial charge in [-0.2, -0.15) is 0 Å². The Kier molecular flexibility index (Phi) is 4.36. The van der Waals surface area contributed by atoms with Gasteiger partial charge in [-0.25, -0.2) is 0 Å². The van der Waals surface area contributed by atoms with E-state index >= 15 is 0 Å². The monoisotopic (exact) mass is 248 g/mol. The Morgan fingerprint density at radius 2 is 2.28 bits per heavy atom. The predicted octanol–water partition coefficient (Wildman–Crippen LogP) is 3.00. The highest BCUT2D eigenvalue weighted by Gasteiger charge is 2.39. The SMILES string of the molecule is CCNC(CC1(OC)CCC1)c1cnccc1C. The molecule has 0 aromatic carbocycles. The Labute approximate surface area is 110 Å². The molecule has 3 heteroatoms. The molecule has 0 saturated heterocycles. The van der Waals surface area contributed by atoms with Crippen LogP contribution in [0, 0.1) is 6.92 Å². The van der Waals surface area contributed by atoms with Gasteiger partial charge in [-0.15, -0.1) is 0 Å². The predicted molar refractivity (Wildman–Crippen MR) is 73.6 cm³/mol. The quantitative estimate of drug-likeness (QED) is 0.840. The van der Waals surface area contributed by atoms with Gasteiger partial charge in [0.15, 0.2) is 0 Å². The van der Waals surface area contributed by atoms with Crippen LogP contribution in [0.5, 0.6) is 0 Å². The fourth-order valence-corrected chi connectivity index (χ4v) is 2.81. The molecule has 3 nitrogen and oxygen atoms in total. The van der Waals surface area contributed by atoms with E-state index in [1.165, 1.54) is 30.4 Å². The van der Waals surface area contributed by atoms with Gasteiger partial charge in [-0.1, -0.05) is 6.92 Å². The molecule has 1 aliphatic rings. The van der Waals surface area contributed by atoms with Crippen molar-refractivity contribution in [3.63, 3.8) is 0 Å². The van der Waals surface area contributed by atoms with Crippen LogP contribution in [0.1, 0.15) is 49.8 Å². The minimum absolute atomic E-state index is 0.0924. The van der Waals surface area contributed by atoms with Crippen molar-refractivity contribution >= 4 is 0 Å². The molecule has 18 heavy (non-hydrogen) atoms. The Hall–Kier alpha value is -0.930. The van der Waals surface area contributed by atoms with Crippen LogP contribution in [-0.4, -0.2) is 24.2 Å². The summed E-state index contributed by atoms with van der Waals surface area (Å²) in [4.78, 5) is 4.27. The molecule has 1 N–H and O–H groups in total. The number of aryl methyl sites for hydroxylation is 1. The lowest BCUT2D eigenvalue weighted by Crippen LogP contribution is -2.43. The van der Waals surface area contributed by atoms with Crippen molar-refractivity contribution in [2.75, 3.05) is 13.7 Å². The van der Waals surface area contributed by atoms with Crippen molar-refractivity contribution in [2.24, 2.45) is 0 Å². The molecule has 1 aromatic heterocycles. The highest BCUT2D eigenvalue weighted by molar-refractivity contribution is 5.25.